The van der Waals surface area contributed by atoms with Gasteiger partial charge in [-0.25, -0.2) is 0 Å². The highest BCUT2D eigenvalue weighted by Gasteiger charge is 2.27. The molecule has 2 aromatic carbocycles. The van der Waals surface area contributed by atoms with Crippen LogP contribution in [0.5, 0.6) is 0 Å². The smallest absolute Gasteiger partial charge is 0.273 e. The number of nitrogens with one attached hydrogen (secondary N) is 1. The number of nitro benzene ring substituents is 1. The molecule has 2 aromatic rings. The highest BCUT2D eigenvalue weighted by molar-refractivity contribution is 5.88. The lowest BCUT2D eigenvalue weighted by Gasteiger charge is -2.28. The zero-order chi connectivity index (χ0) is 20.7. The molecule has 0 aromatic heterocycles. The van der Waals surface area contributed by atoms with Crippen LogP contribution >= 0.6 is 0 Å². The second kappa shape index (κ2) is 9.64. The van der Waals surface area contributed by atoms with Crippen molar-refractivity contribution < 1.29 is 14.5 Å². The van der Waals surface area contributed by atoms with E-state index in [0.717, 1.165) is 11.1 Å². The van der Waals surface area contributed by atoms with Gasteiger partial charge in [0.1, 0.15) is 6.04 Å². The molecule has 148 valence electrons. The molecule has 0 unspecified atom stereocenters. The van der Waals surface area contributed by atoms with Crippen LogP contribution in [0.15, 0.2) is 48.5 Å². The molecule has 0 heterocycles. The number of para-hydroxylation sites is 1. The molecule has 0 fully saturated rings. The summed E-state index contributed by atoms with van der Waals surface area (Å²) < 4.78 is 0. The zero-order valence-electron chi connectivity index (χ0n) is 16.3. The van der Waals surface area contributed by atoms with Gasteiger partial charge in [0.25, 0.3) is 5.69 Å². The van der Waals surface area contributed by atoms with E-state index in [-0.39, 0.29) is 30.5 Å². The zero-order valence-corrected chi connectivity index (χ0v) is 16.3. The third-order valence-electron chi connectivity index (χ3n) is 4.52. The Morgan fingerprint density at radius 3 is 2.39 bits per heavy atom. The molecule has 0 spiro atoms. The van der Waals surface area contributed by atoms with Gasteiger partial charge in [0.15, 0.2) is 0 Å². The average molecular weight is 383 g/mol. The van der Waals surface area contributed by atoms with Gasteiger partial charge in [-0.3, -0.25) is 19.7 Å². The number of nitro groups is 1. The average Bonchev–Trinajstić information content (AvgIpc) is 2.67. The van der Waals surface area contributed by atoms with Crippen LogP contribution in [0.4, 0.5) is 5.69 Å². The Balaban J connectivity index is 2.29. The van der Waals surface area contributed by atoms with Crippen LogP contribution < -0.4 is 5.32 Å². The van der Waals surface area contributed by atoms with Crippen molar-refractivity contribution >= 4 is 17.5 Å². The van der Waals surface area contributed by atoms with Crippen molar-refractivity contribution in [2.75, 3.05) is 6.54 Å². The molecule has 0 aliphatic carbocycles. The largest absolute Gasteiger partial charge is 0.355 e. The van der Waals surface area contributed by atoms with E-state index in [1.54, 1.807) is 25.1 Å². The van der Waals surface area contributed by atoms with Gasteiger partial charge < -0.3 is 10.2 Å². The first-order chi connectivity index (χ1) is 13.3. The Morgan fingerprint density at radius 2 is 1.79 bits per heavy atom. The van der Waals surface area contributed by atoms with E-state index in [2.05, 4.69) is 5.32 Å². The molecule has 0 saturated heterocycles. The van der Waals surface area contributed by atoms with Crippen LogP contribution in [0.1, 0.15) is 30.5 Å². The van der Waals surface area contributed by atoms with Gasteiger partial charge in [0.2, 0.25) is 11.8 Å². The number of carbonyl (C=O) groups is 2. The molecule has 0 aliphatic heterocycles. The summed E-state index contributed by atoms with van der Waals surface area (Å²) in [6.45, 7) is 6.15. The summed E-state index contributed by atoms with van der Waals surface area (Å²) in [5.41, 5.74) is 2.21. The number of hydrogen-bond donors (Lipinski definition) is 1. The second-order valence-corrected chi connectivity index (χ2v) is 6.64. The molecular weight excluding hydrogens is 358 g/mol. The lowest BCUT2D eigenvalue weighted by molar-refractivity contribution is -0.385. The van der Waals surface area contributed by atoms with Crippen LogP contribution in [0, 0.1) is 17.0 Å². The lowest BCUT2D eigenvalue weighted by atomic mass is 10.1. The van der Waals surface area contributed by atoms with E-state index >= 15 is 0 Å². The molecule has 0 bridgehead atoms. The fourth-order valence-corrected chi connectivity index (χ4v) is 2.90. The minimum atomic E-state index is -0.698. The summed E-state index contributed by atoms with van der Waals surface area (Å²) in [6, 6.07) is 13.2. The Morgan fingerprint density at radius 1 is 1.14 bits per heavy atom. The monoisotopic (exact) mass is 383 g/mol. The Labute approximate surface area is 164 Å². The van der Waals surface area contributed by atoms with Crippen LogP contribution in [-0.2, 0) is 22.6 Å². The van der Waals surface area contributed by atoms with Crippen LogP contribution in [0.25, 0.3) is 0 Å². The van der Waals surface area contributed by atoms with Crippen LogP contribution in [-0.4, -0.2) is 34.2 Å². The van der Waals surface area contributed by atoms with Crippen molar-refractivity contribution in [3.05, 3.63) is 75.3 Å². The molecule has 7 heteroatoms. The van der Waals surface area contributed by atoms with Gasteiger partial charge >= 0.3 is 0 Å². The summed E-state index contributed by atoms with van der Waals surface area (Å²) >= 11 is 0. The van der Waals surface area contributed by atoms with Crippen molar-refractivity contribution in [2.45, 2.75) is 39.8 Å². The normalized spacial score (nSPS) is 11.5. The maximum Gasteiger partial charge on any atom is 0.273 e. The molecule has 1 atom stereocenters. The summed E-state index contributed by atoms with van der Waals surface area (Å²) in [5.74, 6) is -0.598. The highest BCUT2D eigenvalue weighted by Crippen LogP contribution is 2.20. The first kappa shape index (κ1) is 21.1. The summed E-state index contributed by atoms with van der Waals surface area (Å²) in [7, 11) is 0. The van der Waals surface area contributed by atoms with Gasteiger partial charge in [-0.05, 0) is 26.3 Å². The van der Waals surface area contributed by atoms with Crippen molar-refractivity contribution in [2.24, 2.45) is 0 Å². The van der Waals surface area contributed by atoms with Gasteiger partial charge in [0.05, 0.1) is 11.3 Å². The molecule has 28 heavy (non-hydrogen) atoms. The molecular formula is C21H25N3O4. The molecule has 2 amide bonds. The fraction of sp³-hybridized carbons (Fsp3) is 0.333. The second-order valence-electron chi connectivity index (χ2n) is 6.64. The number of likely N-dealkylation sites (N-methyl/N-ethyl adjacent to an activating group) is 1. The van der Waals surface area contributed by atoms with Gasteiger partial charge in [0, 0.05) is 24.7 Å². The minimum Gasteiger partial charge on any atom is -0.355 e. The van der Waals surface area contributed by atoms with Crippen LogP contribution in [0.3, 0.4) is 0 Å². The van der Waals surface area contributed by atoms with E-state index in [0.29, 0.717) is 12.1 Å². The third-order valence-corrected chi connectivity index (χ3v) is 4.52. The van der Waals surface area contributed by atoms with Gasteiger partial charge in [-0.2, -0.15) is 0 Å². The Kier molecular flexibility index (Phi) is 7.26. The van der Waals surface area contributed by atoms with Gasteiger partial charge in [-0.1, -0.05) is 48.0 Å². The minimum absolute atomic E-state index is 0.100. The van der Waals surface area contributed by atoms with E-state index in [4.69, 9.17) is 0 Å². The topological polar surface area (TPSA) is 92.6 Å². The summed E-state index contributed by atoms with van der Waals surface area (Å²) in [5, 5.41) is 14.0. The van der Waals surface area contributed by atoms with E-state index < -0.39 is 11.0 Å². The maximum absolute atomic E-state index is 13.0. The molecule has 0 aliphatic rings. The number of benzene rings is 2. The Hall–Kier alpha value is -3.22. The van der Waals surface area contributed by atoms with Gasteiger partial charge in [-0.15, -0.1) is 0 Å². The standard InChI is InChI=1S/C21H25N3O4/c1-4-22-21(26)16(3)23(14-17-11-9-15(2)10-12-17)20(25)13-18-7-5-6-8-19(18)24(27)28/h5-12,16H,4,13-14H2,1-3H3,(H,22,26)/t16-/m1/s1. The first-order valence-corrected chi connectivity index (χ1v) is 9.18. The van der Waals surface area contributed by atoms with Crippen LogP contribution in [0.2, 0.25) is 0 Å². The predicted octanol–water partition coefficient (Wildman–Crippen LogP) is 3.00. The van der Waals surface area contributed by atoms with Crippen molar-refractivity contribution in [3.63, 3.8) is 0 Å². The summed E-state index contributed by atoms with van der Waals surface area (Å²) in [6.07, 6.45) is -0.146. The predicted molar refractivity (Wildman–Crippen MR) is 107 cm³/mol. The molecule has 1 N–H and O–H groups in total. The lowest BCUT2D eigenvalue weighted by Crippen LogP contribution is -2.48. The SMILES string of the molecule is CCNC(=O)[C@@H](C)N(Cc1ccc(C)cc1)C(=O)Cc1ccccc1[N+](=O)[O-]. The highest BCUT2D eigenvalue weighted by atomic mass is 16.6. The summed E-state index contributed by atoms with van der Waals surface area (Å²) in [4.78, 5) is 37.6. The Bertz CT molecular complexity index is 849. The van der Waals surface area contributed by atoms with Crippen molar-refractivity contribution in [1.29, 1.82) is 0 Å². The molecule has 0 saturated carbocycles. The number of amides is 2. The fourth-order valence-electron chi connectivity index (χ4n) is 2.90. The van der Waals surface area contributed by atoms with Crippen molar-refractivity contribution in [3.8, 4) is 0 Å². The molecule has 0 radical (unpaired) electrons. The number of aryl methyl sites for hydroxylation is 1. The van der Waals surface area contributed by atoms with E-state index in [1.807, 2.05) is 38.1 Å². The van der Waals surface area contributed by atoms with E-state index in [9.17, 15) is 19.7 Å². The molecule has 2 rings (SSSR count). The third kappa shape index (κ3) is 5.39. The number of carbonyl (C=O) groups excluding carboxylic acids is 2. The number of rotatable bonds is 8. The quantitative estimate of drug-likeness (QED) is 0.560. The number of hydrogen-bond acceptors (Lipinski definition) is 4. The molecule has 7 nitrogen and oxygen atoms in total. The maximum atomic E-state index is 13.0. The van der Waals surface area contributed by atoms with Crippen molar-refractivity contribution in [1.82, 2.24) is 10.2 Å². The first-order valence-electron chi connectivity index (χ1n) is 9.18. The number of nitrogens with zero attached hydrogens (tertiary/aromatic N) is 2. The van der Waals surface area contributed by atoms with E-state index in [1.165, 1.54) is 11.0 Å².